The number of carbonyl (C=O) groups is 2. The molecule has 0 saturated heterocycles. The van der Waals surface area contributed by atoms with Gasteiger partial charge in [-0.2, -0.15) is 0 Å². The molecule has 2 rings (SSSR count). The van der Waals surface area contributed by atoms with E-state index in [4.69, 9.17) is 11.6 Å². The van der Waals surface area contributed by atoms with Crippen molar-refractivity contribution in [1.29, 1.82) is 0 Å². The second kappa shape index (κ2) is 6.89. The van der Waals surface area contributed by atoms with E-state index in [1.54, 1.807) is 6.07 Å². The number of nitrogens with zero attached hydrogens (tertiary/aromatic N) is 1. The number of hydrogen-bond acceptors (Lipinski definition) is 5. The second-order valence-corrected chi connectivity index (χ2v) is 5.00. The van der Waals surface area contributed by atoms with Crippen LogP contribution in [0.4, 0.5) is 11.4 Å². The summed E-state index contributed by atoms with van der Waals surface area (Å²) < 4.78 is 0. The first-order valence-corrected chi connectivity index (χ1v) is 6.79. The van der Waals surface area contributed by atoms with E-state index in [0.717, 1.165) is 6.07 Å². The molecule has 1 amide bonds. The SMILES string of the molecule is O=C(Cc1ccccc1[N+](=O)[O-])Nc1cc(C(=O)[O-])ccc1Cl. The molecule has 118 valence electrons. The van der Waals surface area contributed by atoms with Crippen LogP contribution in [0.2, 0.25) is 5.02 Å². The Balaban J connectivity index is 2.19. The molecule has 8 heteroatoms. The highest BCUT2D eigenvalue weighted by molar-refractivity contribution is 6.33. The number of anilines is 1. The molecule has 0 unspecified atom stereocenters. The summed E-state index contributed by atoms with van der Waals surface area (Å²) in [5, 5.41) is 24.3. The number of carboxylic acid groups (broad SMARTS) is 1. The molecule has 1 N–H and O–H groups in total. The van der Waals surface area contributed by atoms with Crippen LogP contribution in [0.3, 0.4) is 0 Å². The Morgan fingerprint density at radius 3 is 2.52 bits per heavy atom. The Morgan fingerprint density at radius 1 is 1.17 bits per heavy atom. The maximum absolute atomic E-state index is 12.0. The van der Waals surface area contributed by atoms with Crippen molar-refractivity contribution < 1.29 is 19.6 Å². The van der Waals surface area contributed by atoms with Crippen molar-refractivity contribution in [2.45, 2.75) is 6.42 Å². The van der Waals surface area contributed by atoms with Gasteiger partial charge in [-0.05, 0) is 17.7 Å². The van der Waals surface area contributed by atoms with Crippen LogP contribution in [-0.4, -0.2) is 16.8 Å². The highest BCUT2D eigenvalue weighted by Crippen LogP contribution is 2.24. The minimum atomic E-state index is -1.41. The first kappa shape index (κ1) is 16.4. The van der Waals surface area contributed by atoms with Gasteiger partial charge in [0.05, 0.1) is 28.0 Å². The van der Waals surface area contributed by atoms with Crippen LogP contribution in [-0.2, 0) is 11.2 Å². The van der Waals surface area contributed by atoms with Crippen LogP contribution in [0, 0.1) is 10.1 Å². The minimum absolute atomic E-state index is 0.0944. The lowest BCUT2D eigenvalue weighted by Crippen LogP contribution is -2.22. The molecule has 2 aromatic rings. The number of hydrogen-bond donors (Lipinski definition) is 1. The third-order valence-corrected chi connectivity index (χ3v) is 3.35. The van der Waals surface area contributed by atoms with Crippen molar-refractivity contribution in [3.05, 3.63) is 68.7 Å². The third-order valence-electron chi connectivity index (χ3n) is 3.02. The molecule has 0 radical (unpaired) electrons. The predicted octanol–water partition coefficient (Wildman–Crippen LogP) is 1.79. The molecule has 23 heavy (non-hydrogen) atoms. The second-order valence-electron chi connectivity index (χ2n) is 4.59. The molecule has 0 bridgehead atoms. The fourth-order valence-corrected chi connectivity index (χ4v) is 2.12. The Morgan fingerprint density at radius 2 is 1.87 bits per heavy atom. The van der Waals surface area contributed by atoms with E-state index in [2.05, 4.69) is 5.32 Å². The number of rotatable bonds is 5. The monoisotopic (exact) mass is 333 g/mol. The third kappa shape index (κ3) is 4.04. The van der Waals surface area contributed by atoms with E-state index in [1.807, 2.05) is 0 Å². The number of benzene rings is 2. The molecule has 0 aliphatic heterocycles. The smallest absolute Gasteiger partial charge is 0.273 e. The summed E-state index contributed by atoms with van der Waals surface area (Å²) in [6.45, 7) is 0. The Bertz CT molecular complexity index is 791. The van der Waals surface area contributed by atoms with Gasteiger partial charge >= 0.3 is 0 Å². The lowest BCUT2D eigenvalue weighted by molar-refractivity contribution is -0.385. The summed E-state index contributed by atoms with van der Waals surface area (Å²) in [4.78, 5) is 33.2. The molecule has 7 nitrogen and oxygen atoms in total. The molecular formula is C15H10ClN2O5-. The minimum Gasteiger partial charge on any atom is -0.545 e. The Labute approximate surface area is 135 Å². The summed E-state index contributed by atoms with van der Waals surface area (Å²) in [6, 6.07) is 9.57. The quantitative estimate of drug-likeness (QED) is 0.662. The van der Waals surface area contributed by atoms with Gasteiger partial charge in [0.15, 0.2) is 0 Å². The van der Waals surface area contributed by atoms with Gasteiger partial charge in [-0.15, -0.1) is 0 Å². The van der Waals surface area contributed by atoms with Gasteiger partial charge in [-0.3, -0.25) is 14.9 Å². The van der Waals surface area contributed by atoms with E-state index >= 15 is 0 Å². The van der Waals surface area contributed by atoms with E-state index in [1.165, 1.54) is 30.3 Å². The van der Waals surface area contributed by atoms with Gasteiger partial charge in [0.2, 0.25) is 5.91 Å². The molecule has 2 aromatic carbocycles. The number of aromatic carboxylic acids is 1. The number of nitrogens with one attached hydrogen (secondary N) is 1. The summed E-state index contributed by atoms with van der Waals surface area (Å²) in [6.07, 6.45) is -0.247. The van der Waals surface area contributed by atoms with Crippen LogP contribution in [0.5, 0.6) is 0 Å². The van der Waals surface area contributed by atoms with Crippen LogP contribution >= 0.6 is 11.6 Å². The van der Waals surface area contributed by atoms with Crippen molar-refractivity contribution in [2.24, 2.45) is 0 Å². The fourth-order valence-electron chi connectivity index (χ4n) is 1.95. The Kier molecular flexibility index (Phi) is 4.92. The molecule has 0 saturated carbocycles. The summed E-state index contributed by atoms with van der Waals surface area (Å²) in [5.74, 6) is -1.97. The van der Waals surface area contributed by atoms with Crippen molar-refractivity contribution >= 4 is 34.9 Å². The molecule has 0 aliphatic rings. The number of carbonyl (C=O) groups excluding carboxylic acids is 2. The van der Waals surface area contributed by atoms with Gasteiger partial charge in [-0.1, -0.05) is 35.9 Å². The van der Waals surface area contributed by atoms with E-state index in [0.29, 0.717) is 0 Å². The van der Waals surface area contributed by atoms with E-state index < -0.39 is 16.8 Å². The van der Waals surface area contributed by atoms with Gasteiger partial charge < -0.3 is 15.2 Å². The number of halogens is 1. The highest BCUT2D eigenvalue weighted by atomic mass is 35.5. The first-order valence-electron chi connectivity index (χ1n) is 6.41. The largest absolute Gasteiger partial charge is 0.545 e. The lowest BCUT2D eigenvalue weighted by Gasteiger charge is -2.10. The van der Waals surface area contributed by atoms with E-state index in [9.17, 15) is 24.8 Å². The van der Waals surface area contributed by atoms with E-state index in [-0.39, 0.29) is 33.9 Å². The van der Waals surface area contributed by atoms with Crippen molar-refractivity contribution in [3.63, 3.8) is 0 Å². The number of nitro benzene ring substituents is 1. The van der Waals surface area contributed by atoms with Crippen LogP contribution in [0.15, 0.2) is 42.5 Å². The van der Waals surface area contributed by atoms with Gasteiger partial charge in [-0.25, -0.2) is 0 Å². The van der Waals surface area contributed by atoms with Crippen molar-refractivity contribution in [1.82, 2.24) is 0 Å². The fraction of sp³-hybridized carbons (Fsp3) is 0.0667. The summed E-state index contributed by atoms with van der Waals surface area (Å²) in [7, 11) is 0. The molecule has 0 heterocycles. The van der Waals surface area contributed by atoms with Gasteiger partial charge in [0, 0.05) is 11.6 Å². The summed E-state index contributed by atoms with van der Waals surface area (Å²) in [5.41, 5.74) is 0.0201. The molecular weight excluding hydrogens is 324 g/mol. The number of nitro groups is 1. The summed E-state index contributed by atoms with van der Waals surface area (Å²) >= 11 is 5.89. The predicted molar refractivity (Wildman–Crippen MR) is 81.2 cm³/mol. The van der Waals surface area contributed by atoms with Crippen molar-refractivity contribution in [2.75, 3.05) is 5.32 Å². The number of amides is 1. The zero-order valence-corrected chi connectivity index (χ0v) is 12.4. The number of para-hydroxylation sites is 1. The average Bonchev–Trinajstić information content (AvgIpc) is 2.49. The Hall–Kier alpha value is -2.93. The van der Waals surface area contributed by atoms with Crippen LogP contribution < -0.4 is 10.4 Å². The van der Waals surface area contributed by atoms with Crippen LogP contribution in [0.25, 0.3) is 0 Å². The zero-order valence-electron chi connectivity index (χ0n) is 11.6. The molecule has 0 fully saturated rings. The van der Waals surface area contributed by atoms with Gasteiger partial charge in [0.1, 0.15) is 0 Å². The zero-order chi connectivity index (χ0) is 17.0. The average molecular weight is 334 g/mol. The highest BCUT2D eigenvalue weighted by Gasteiger charge is 2.16. The standard InChI is InChI=1S/C15H11ClN2O5/c16-11-6-5-10(15(20)21)7-12(11)17-14(19)8-9-3-1-2-4-13(9)18(22)23/h1-7H,8H2,(H,17,19)(H,20,21)/p-1. The van der Waals surface area contributed by atoms with Crippen LogP contribution in [0.1, 0.15) is 15.9 Å². The van der Waals surface area contributed by atoms with Crippen molar-refractivity contribution in [3.8, 4) is 0 Å². The topological polar surface area (TPSA) is 112 Å². The molecule has 0 spiro atoms. The molecule has 0 aromatic heterocycles. The maximum Gasteiger partial charge on any atom is 0.273 e. The normalized spacial score (nSPS) is 10.1. The van der Waals surface area contributed by atoms with Gasteiger partial charge in [0.25, 0.3) is 5.69 Å². The number of carboxylic acids is 1. The maximum atomic E-state index is 12.0. The first-order chi connectivity index (χ1) is 10.9. The lowest BCUT2D eigenvalue weighted by atomic mass is 10.1. The molecule has 0 aliphatic carbocycles. The molecule has 0 atom stereocenters.